The molecule has 0 saturated carbocycles. The molecule has 0 spiro atoms. The highest BCUT2D eigenvalue weighted by atomic mass is 32.2. The maximum Gasteiger partial charge on any atom is 0.407 e. The molecule has 3 atom stereocenters. The third-order valence-corrected chi connectivity index (χ3v) is 7.93. The second-order valence-electron chi connectivity index (χ2n) is 9.32. The number of nitrogens with zero attached hydrogens (tertiary/aromatic N) is 2. The Hall–Kier alpha value is -2.66. The van der Waals surface area contributed by atoms with Gasteiger partial charge in [-0.2, -0.15) is 4.31 Å². The molecule has 9 nitrogen and oxygen atoms in total. The van der Waals surface area contributed by atoms with Gasteiger partial charge in [0.15, 0.2) is 0 Å². The maximum absolute atomic E-state index is 13.5. The first kappa shape index (κ1) is 26.9. The number of hydrogen-bond donors (Lipinski definition) is 3. The van der Waals surface area contributed by atoms with Crippen LogP contribution < -0.4 is 5.73 Å². The molecule has 1 heterocycles. The summed E-state index contributed by atoms with van der Waals surface area (Å²) >= 11 is 0. The quantitative estimate of drug-likeness (QED) is 0.400. The van der Waals surface area contributed by atoms with Gasteiger partial charge in [0.2, 0.25) is 10.0 Å². The number of rotatable bonds is 11. The van der Waals surface area contributed by atoms with Gasteiger partial charge in [-0.1, -0.05) is 44.2 Å². The van der Waals surface area contributed by atoms with Crippen molar-refractivity contribution in [1.82, 2.24) is 9.21 Å². The molecule has 0 aliphatic carbocycles. The van der Waals surface area contributed by atoms with Gasteiger partial charge in [0.25, 0.3) is 0 Å². The van der Waals surface area contributed by atoms with Crippen LogP contribution in [0.2, 0.25) is 0 Å². The van der Waals surface area contributed by atoms with Crippen LogP contribution in [0.1, 0.15) is 25.8 Å². The third-order valence-electron chi connectivity index (χ3n) is 6.09. The van der Waals surface area contributed by atoms with E-state index in [1.54, 1.807) is 0 Å². The molecule has 0 radical (unpaired) electrons. The van der Waals surface area contributed by atoms with E-state index in [0.29, 0.717) is 18.7 Å². The van der Waals surface area contributed by atoms with Crippen molar-refractivity contribution in [2.75, 3.05) is 32.0 Å². The van der Waals surface area contributed by atoms with E-state index in [-0.39, 0.29) is 36.9 Å². The number of aliphatic hydroxyl groups excluding tert-OH is 1. The number of carbonyl (C=O) groups is 1. The molecule has 2 aromatic rings. The molecule has 1 aliphatic rings. The van der Waals surface area contributed by atoms with E-state index in [4.69, 9.17) is 10.5 Å². The molecule has 1 amide bonds. The Bertz CT molecular complexity index is 1060. The van der Waals surface area contributed by atoms with Crippen LogP contribution in [0.3, 0.4) is 0 Å². The Balaban J connectivity index is 1.94. The molecule has 2 aromatic carbocycles. The standard InChI is InChI=1S/C25H35N3O6S/c1-18(2)15-27(35(32,33)22-10-8-20(26)9-11-22)16-24(29)23(14-19-6-4-3-5-7-19)28(25(30)31)21-12-13-34-17-21/h3-11,18,21,23-24,29H,12-17,26H2,1-2H3,(H,30,31)/t21-,23-,24-/m0/s1. The first-order chi connectivity index (χ1) is 16.6. The van der Waals surface area contributed by atoms with Crippen molar-refractivity contribution in [2.45, 2.75) is 49.8 Å². The number of aliphatic hydroxyl groups is 1. The molecule has 1 fully saturated rings. The van der Waals surface area contributed by atoms with Crippen LogP contribution in [-0.2, 0) is 21.2 Å². The topological polar surface area (TPSA) is 133 Å². The number of ether oxygens (including phenoxy) is 1. The molecule has 0 bridgehead atoms. The summed E-state index contributed by atoms with van der Waals surface area (Å²) in [5.74, 6) is -0.0165. The highest BCUT2D eigenvalue weighted by Gasteiger charge is 2.39. The van der Waals surface area contributed by atoms with Crippen molar-refractivity contribution in [1.29, 1.82) is 0 Å². The molecule has 0 unspecified atom stereocenters. The summed E-state index contributed by atoms with van der Waals surface area (Å²) in [4.78, 5) is 13.7. The van der Waals surface area contributed by atoms with Gasteiger partial charge < -0.3 is 20.7 Å². The van der Waals surface area contributed by atoms with Crippen molar-refractivity contribution in [2.24, 2.45) is 5.92 Å². The fourth-order valence-electron chi connectivity index (χ4n) is 4.38. The summed E-state index contributed by atoms with van der Waals surface area (Å²) < 4.78 is 33.6. The molecular formula is C25H35N3O6S. The number of carboxylic acid groups (broad SMARTS) is 1. The monoisotopic (exact) mass is 505 g/mol. The van der Waals surface area contributed by atoms with Crippen molar-refractivity contribution >= 4 is 21.8 Å². The van der Waals surface area contributed by atoms with Crippen molar-refractivity contribution in [3.63, 3.8) is 0 Å². The fraction of sp³-hybridized carbons (Fsp3) is 0.480. The summed E-state index contributed by atoms with van der Waals surface area (Å²) in [6, 6.07) is 13.9. The minimum Gasteiger partial charge on any atom is -0.465 e. The molecule has 35 heavy (non-hydrogen) atoms. The lowest BCUT2D eigenvalue weighted by Crippen LogP contribution is -2.56. The zero-order valence-electron chi connectivity index (χ0n) is 20.2. The largest absolute Gasteiger partial charge is 0.465 e. The van der Waals surface area contributed by atoms with Gasteiger partial charge in [-0.15, -0.1) is 0 Å². The Morgan fingerprint density at radius 2 is 1.77 bits per heavy atom. The zero-order chi connectivity index (χ0) is 25.6. The van der Waals surface area contributed by atoms with E-state index in [1.807, 2.05) is 44.2 Å². The normalized spacial score (nSPS) is 18.0. The summed E-state index contributed by atoms with van der Waals surface area (Å²) in [5.41, 5.74) is 7.01. The Labute approximate surface area is 207 Å². The average Bonchev–Trinajstić information content (AvgIpc) is 3.33. The zero-order valence-corrected chi connectivity index (χ0v) is 21.0. The Morgan fingerprint density at radius 3 is 2.31 bits per heavy atom. The summed E-state index contributed by atoms with van der Waals surface area (Å²) in [6.07, 6.45) is -1.68. The van der Waals surface area contributed by atoms with Crippen LogP contribution in [0, 0.1) is 5.92 Å². The maximum atomic E-state index is 13.5. The number of benzene rings is 2. The molecule has 1 aliphatic heterocycles. The molecule has 3 rings (SSSR count). The minimum atomic E-state index is -3.95. The van der Waals surface area contributed by atoms with Crippen molar-refractivity contribution in [3.8, 4) is 0 Å². The smallest absolute Gasteiger partial charge is 0.407 e. The van der Waals surface area contributed by atoms with Crippen LogP contribution in [0.5, 0.6) is 0 Å². The fourth-order valence-corrected chi connectivity index (χ4v) is 6.00. The van der Waals surface area contributed by atoms with E-state index in [1.165, 1.54) is 33.5 Å². The van der Waals surface area contributed by atoms with Gasteiger partial charge in [0.1, 0.15) is 0 Å². The van der Waals surface area contributed by atoms with Gasteiger partial charge in [0, 0.05) is 25.4 Å². The van der Waals surface area contributed by atoms with E-state index >= 15 is 0 Å². The molecule has 192 valence electrons. The lowest BCUT2D eigenvalue weighted by molar-refractivity contribution is 0.0163. The van der Waals surface area contributed by atoms with Crippen LogP contribution >= 0.6 is 0 Å². The van der Waals surface area contributed by atoms with Gasteiger partial charge in [-0.05, 0) is 48.6 Å². The van der Waals surface area contributed by atoms with E-state index in [2.05, 4.69) is 0 Å². The van der Waals surface area contributed by atoms with E-state index in [9.17, 15) is 23.4 Å². The molecule has 1 saturated heterocycles. The first-order valence-corrected chi connectivity index (χ1v) is 13.2. The molecule has 4 N–H and O–H groups in total. The molecular weight excluding hydrogens is 470 g/mol. The lowest BCUT2D eigenvalue weighted by atomic mass is 9.97. The minimum absolute atomic E-state index is 0.0165. The highest BCUT2D eigenvalue weighted by molar-refractivity contribution is 7.89. The third kappa shape index (κ3) is 6.94. The van der Waals surface area contributed by atoms with Crippen LogP contribution in [0.4, 0.5) is 10.5 Å². The summed E-state index contributed by atoms with van der Waals surface area (Å²) in [5, 5.41) is 21.5. The van der Waals surface area contributed by atoms with Gasteiger partial charge in [-0.3, -0.25) is 4.90 Å². The average molecular weight is 506 g/mol. The second kappa shape index (κ2) is 11.9. The number of anilines is 1. The first-order valence-electron chi connectivity index (χ1n) is 11.8. The van der Waals surface area contributed by atoms with Crippen LogP contribution in [0.25, 0.3) is 0 Å². The molecule has 10 heteroatoms. The summed E-state index contributed by atoms with van der Waals surface area (Å²) in [7, 11) is -3.95. The predicted octanol–water partition coefficient (Wildman–Crippen LogP) is 2.66. The van der Waals surface area contributed by atoms with E-state index < -0.39 is 34.3 Å². The van der Waals surface area contributed by atoms with Gasteiger partial charge in [-0.25, -0.2) is 13.2 Å². The lowest BCUT2D eigenvalue weighted by Gasteiger charge is -2.38. The number of nitrogens with two attached hydrogens (primary N) is 1. The van der Waals surface area contributed by atoms with Crippen LogP contribution in [0.15, 0.2) is 59.5 Å². The second-order valence-corrected chi connectivity index (χ2v) is 11.3. The number of sulfonamides is 1. The highest BCUT2D eigenvalue weighted by Crippen LogP contribution is 2.24. The van der Waals surface area contributed by atoms with E-state index in [0.717, 1.165) is 5.56 Å². The Kier molecular flexibility index (Phi) is 9.12. The van der Waals surface area contributed by atoms with Crippen molar-refractivity contribution < 1.29 is 28.2 Å². The predicted molar refractivity (Wildman–Crippen MR) is 133 cm³/mol. The number of hydrogen-bond acceptors (Lipinski definition) is 6. The summed E-state index contributed by atoms with van der Waals surface area (Å²) in [6.45, 7) is 4.37. The number of amides is 1. The Morgan fingerprint density at radius 1 is 1.11 bits per heavy atom. The van der Waals surface area contributed by atoms with Gasteiger partial charge in [0.05, 0.1) is 29.7 Å². The van der Waals surface area contributed by atoms with Gasteiger partial charge >= 0.3 is 6.09 Å². The van der Waals surface area contributed by atoms with Crippen molar-refractivity contribution in [3.05, 3.63) is 60.2 Å². The van der Waals surface area contributed by atoms with Crippen LogP contribution in [-0.4, -0.2) is 78.4 Å². The SMILES string of the molecule is CC(C)CN(C[C@H](O)[C@H](Cc1ccccc1)N(C(=O)O)[C@H]1CCOC1)S(=O)(=O)c1ccc(N)cc1. The molecule has 0 aromatic heterocycles. The number of nitrogen functional groups attached to an aromatic ring is 1.